The molecule has 0 unspecified atom stereocenters. The molecule has 0 saturated heterocycles. The number of rotatable bonds is 5. The van der Waals surface area contributed by atoms with Gasteiger partial charge in [0.1, 0.15) is 4.60 Å². The number of halogens is 1. The topological polar surface area (TPSA) is 66.9 Å². The lowest BCUT2D eigenvalue weighted by atomic mass is 10.1. The summed E-state index contributed by atoms with van der Waals surface area (Å²) in [6, 6.07) is 5.69. The molecule has 2 N–H and O–H groups in total. The van der Waals surface area contributed by atoms with Crippen LogP contribution in [0.2, 0.25) is 0 Å². The molecule has 0 aliphatic heterocycles. The molecule has 6 heteroatoms. The van der Waals surface area contributed by atoms with Gasteiger partial charge in [0, 0.05) is 17.8 Å². The average molecular weight is 349 g/mol. The molecule has 1 amide bonds. The molecule has 2 rings (SSSR count). The number of benzene rings is 1. The summed E-state index contributed by atoms with van der Waals surface area (Å²) in [5, 5.41) is 6.03. The first-order valence-electron chi connectivity index (χ1n) is 6.73. The number of hydrogen-bond donors (Lipinski definition) is 2. The minimum Gasteiger partial charge on any atom is -0.385 e. The lowest BCUT2D eigenvalue weighted by Crippen LogP contribution is -2.14. The van der Waals surface area contributed by atoms with E-state index in [1.54, 1.807) is 6.20 Å². The van der Waals surface area contributed by atoms with Crippen molar-refractivity contribution in [3.05, 3.63) is 46.3 Å². The zero-order valence-electron chi connectivity index (χ0n) is 12.0. The van der Waals surface area contributed by atoms with E-state index in [2.05, 4.69) is 43.5 Å². The van der Waals surface area contributed by atoms with Crippen molar-refractivity contribution in [1.82, 2.24) is 9.97 Å². The van der Waals surface area contributed by atoms with Gasteiger partial charge in [0.05, 0.1) is 12.4 Å². The summed E-state index contributed by atoms with van der Waals surface area (Å²) in [4.78, 5) is 20.3. The highest BCUT2D eigenvalue weighted by Crippen LogP contribution is 2.16. The van der Waals surface area contributed by atoms with Gasteiger partial charge < -0.3 is 10.6 Å². The molecule has 0 radical (unpaired) electrons. The number of aryl methyl sites for hydroxylation is 1. The maximum absolute atomic E-state index is 12.2. The Morgan fingerprint density at radius 2 is 2.10 bits per heavy atom. The number of aromatic nitrogens is 2. The summed E-state index contributed by atoms with van der Waals surface area (Å²) in [5.41, 5.74) is 2.56. The molecule has 0 aliphatic carbocycles. The molecule has 5 nitrogen and oxygen atoms in total. The highest BCUT2D eigenvalue weighted by molar-refractivity contribution is 9.10. The van der Waals surface area contributed by atoms with Gasteiger partial charge >= 0.3 is 0 Å². The fourth-order valence-corrected chi connectivity index (χ4v) is 2.06. The summed E-state index contributed by atoms with van der Waals surface area (Å²) in [5.74, 6) is 0.238. The Hall–Kier alpha value is -1.95. The average Bonchev–Trinajstić information content (AvgIpc) is 2.47. The van der Waals surface area contributed by atoms with Crippen molar-refractivity contribution in [3.63, 3.8) is 0 Å². The largest absolute Gasteiger partial charge is 0.385 e. The Morgan fingerprint density at radius 3 is 2.71 bits per heavy atom. The minimum atomic E-state index is -0.189. The summed E-state index contributed by atoms with van der Waals surface area (Å²) in [7, 11) is 0. The quantitative estimate of drug-likeness (QED) is 0.865. The third-order valence-corrected chi connectivity index (χ3v) is 3.32. The molecule has 1 aromatic carbocycles. The second kappa shape index (κ2) is 7.17. The third kappa shape index (κ3) is 4.26. The summed E-state index contributed by atoms with van der Waals surface area (Å²) >= 11 is 3.20. The lowest BCUT2D eigenvalue weighted by Gasteiger charge is -2.10. The summed E-state index contributed by atoms with van der Waals surface area (Å²) < 4.78 is 0.628. The molecule has 0 spiro atoms. The number of amides is 1. The van der Waals surface area contributed by atoms with Gasteiger partial charge in [-0.1, -0.05) is 6.92 Å². The van der Waals surface area contributed by atoms with Crippen LogP contribution in [0.5, 0.6) is 0 Å². The van der Waals surface area contributed by atoms with Gasteiger partial charge in [0.25, 0.3) is 5.91 Å². The molecule has 0 bridgehead atoms. The maximum Gasteiger partial charge on any atom is 0.257 e. The van der Waals surface area contributed by atoms with Crippen LogP contribution in [0.3, 0.4) is 0 Å². The fourth-order valence-electron chi connectivity index (χ4n) is 1.86. The predicted molar refractivity (Wildman–Crippen MR) is 87.6 cm³/mol. The van der Waals surface area contributed by atoms with Crippen LogP contribution in [-0.4, -0.2) is 22.4 Å². The van der Waals surface area contributed by atoms with Crippen molar-refractivity contribution < 1.29 is 4.79 Å². The van der Waals surface area contributed by atoms with E-state index < -0.39 is 0 Å². The normalized spacial score (nSPS) is 10.2. The van der Waals surface area contributed by atoms with Gasteiger partial charge in [-0.2, -0.15) is 0 Å². The first-order valence-corrected chi connectivity index (χ1v) is 7.53. The van der Waals surface area contributed by atoms with E-state index in [-0.39, 0.29) is 5.91 Å². The second-order valence-electron chi connectivity index (χ2n) is 4.63. The molecule has 110 valence electrons. The second-order valence-corrected chi connectivity index (χ2v) is 5.45. The van der Waals surface area contributed by atoms with E-state index in [1.807, 2.05) is 25.1 Å². The van der Waals surface area contributed by atoms with Crippen LogP contribution in [0.25, 0.3) is 0 Å². The van der Waals surface area contributed by atoms with Crippen LogP contribution < -0.4 is 10.6 Å². The molecular weight excluding hydrogens is 332 g/mol. The van der Waals surface area contributed by atoms with Crippen molar-refractivity contribution in [2.45, 2.75) is 20.3 Å². The first kappa shape index (κ1) is 15.4. The Morgan fingerprint density at radius 1 is 1.29 bits per heavy atom. The standard InChI is InChI=1S/C15H17BrN4O/c1-3-6-17-11-4-5-12(10(2)7-11)15(21)20-14-9-18-13(16)8-19-14/h4-5,7-9,17H,3,6H2,1-2H3,(H,19,20,21). The molecule has 0 atom stereocenters. The molecule has 2 aromatic rings. The smallest absolute Gasteiger partial charge is 0.257 e. The number of carbonyl (C=O) groups excluding carboxylic acids is 1. The molecule has 21 heavy (non-hydrogen) atoms. The van der Waals surface area contributed by atoms with Crippen molar-refractivity contribution in [1.29, 1.82) is 0 Å². The van der Waals surface area contributed by atoms with E-state index in [0.29, 0.717) is 16.0 Å². The van der Waals surface area contributed by atoms with E-state index in [1.165, 1.54) is 6.20 Å². The Kier molecular flexibility index (Phi) is 5.27. The number of anilines is 2. The van der Waals surface area contributed by atoms with Crippen LogP contribution in [0.1, 0.15) is 29.3 Å². The van der Waals surface area contributed by atoms with Gasteiger partial charge in [-0.05, 0) is 53.0 Å². The van der Waals surface area contributed by atoms with E-state index >= 15 is 0 Å². The zero-order valence-corrected chi connectivity index (χ0v) is 13.6. The molecule has 1 heterocycles. The Balaban J connectivity index is 2.10. The van der Waals surface area contributed by atoms with Crippen LogP contribution in [0.4, 0.5) is 11.5 Å². The number of hydrogen-bond acceptors (Lipinski definition) is 4. The van der Waals surface area contributed by atoms with Crippen LogP contribution in [-0.2, 0) is 0 Å². The van der Waals surface area contributed by atoms with Crippen LogP contribution in [0.15, 0.2) is 35.2 Å². The fraction of sp³-hybridized carbons (Fsp3) is 0.267. The van der Waals surface area contributed by atoms with Crippen molar-refractivity contribution in [2.75, 3.05) is 17.2 Å². The molecular formula is C15H17BrN4O. The summed E-state index contributed by atoms with van der Waals surface area (Å²) in [6.07, 6.45) is 4.11. The van der Waals surface area contributed by atoms with Crippen LogP contribution in [0, 0.1) is 6.92 Å². The van der Waals surface area contributed by atoms with Crippen molar-refractivity contribution >= 4 is 33.3 Å². The highest BCUT2D eigenvalue weighted by Gasteiger charge is 2.10. The molecule has 1 aromatic heterocycles. The molecule has 0 aliphatic rings. The number of nitrogens with zero attached hydrogens (tertiary/aromatic N) is 2. The Labute approximate surface area is 132 Å². The number of nitrogens with one attached hydrogen (secondary N) is 2. The van der Waals surface area contributed by atoms with Gasteiger partial charge in [0.2, 0.25) is 0 Å². The molecule has 0 fully saturated rings. The monoisotopic (exact) mass is 348 g/mol. The van der Waals surface area contributed by atoms with Gasteiger partial charge in [-0.15, -0.1) is 0 Å². The van der Waals surface area contributed by atoms with E-state index in [0.717, 1.165) is 24.2 Å². The van der Waals surface area contributed by atoms with Gasteiger partial charge in [0.15, 0.2) is 5.82 Å². The maximum atomic E-state index is 12.2. The number of carbonyl (C=O) groups is 1. The lowest BCUT2D eigenvalue weighted by molar-refractivity contribution is 0.102. The highest BCUT2D eigenvalue weighted by atomic mass is 79.9. The zero-order chi connectivity index (χ0) is 15.2. The van der Waals surface area contributed by atoms with Crippen LogP contribution >= 0.6 is 15.9 Å². The summed E-state index contributed by atoms with van der Waals surface area (Å²) in [6.45, 7) is 4.94. The van der Waals surface area contributed by atoms with Gasteiger partial charge in [-0.25, -0.2) is 9.97 Å². The molecule has 0 saturated carbocycles. The first-order chi connectivity index (χ1) is 10.1. The van der Waals surface area contributed by atoms with E-state index in [4.69, 9.17) is 0 Å². The van der Waals surface area contributed by atoms with E-state index in [9.17, 15) is 4.79 Å². The predicted octanol–water partition coefficient (Wildman–Crippen LogP) is 3.62. The van der Waals surface area contributed by atoms with Crippen molar-refractivity contribution in [3.8, 4) is 0 Å². The van der Waals surface area contributed by atoms with Crippen molar-refractivity contribution in [2.24, 2.45) is 0 Å². The minimum absolute atomic E-state index is 0.189. The SMILES string of the molecule is CCCNc1ccc(C(=O)Nc2cnc(Br)cn2)c(C)c1. The third-order valence-electron chi connectivity index (χ3n) is 2.91. The Bertz CT molecular complexity index is 628. The van der Waals surface area contributed by atoms with Gasteiger partial charge in [-0.3, -0.25) is 4.79 Å².